The van der Waals surface area contributed by atoms with Crippen molar-refractivity contribution < 1.29 is 43.1 Å². The number of benzene rings is 1. The number of primary amides is 1. The molecule has 2 unspecified atom stereocenters. The molecule has 67 heavy (non-hydrogen) atoms. The number of alkyl carbamates (subject to hydrolysis) is 1. The number of hydrogen-bond acceptors (Lipinski definition) is 9. The third-order valence-electron chi connectivity index (χ3n) is 11.5. The molecule has 0 saturated carbocycles. The molecule has 1 aliphatic heterocycles. The number of nitrogens with zero attached hydrogens (tertiary/aromatic N) is 1. The Morgan fingerprint density at radius 3 is 2.03 bits per heavy atom. The molecule has 0 radical (unpaired) electrons. The number of aldehydes is 1. The number of allylic oxidation sites excluding steroid dienone is 4. The summed E-state index contributed by atoms with van der Waals surface area (Å²) in [7, 11) is 0. The van der Waals surface area contributed by atoms with E-state index in [1.165, 1.54) is 18.6 Å². The molecular weight excluding hydrogens is 855 g/mol. The molecule has 1 aromatic carbocycles. The molecule has 4 atom stereocenters. The Hall–Kier alpha value is -5.80. The lowest BCUT2D eigenvalue weighted by atomic mass is 9.90. The molecule has 0 bridgehead atoms. The van der Waals surface area contributed by atoms with Crippen LogP contribution in [0.5, 0.6) is 0 Å². The van der Waals surface area contributed by atoms with Gasteiger partial charge in [-0.25, -0.2) is 9.59 Å². The second kappa shape index (κ2) is 34.5. The molecule has 372 valence electrons. The number of amides is 8. The number of rotatable bonds is 36. The molecular formula is C51H79N7O9. The number of unbranched alkanes of at least 4 members (excludes halogenated alkanes) is 9. The molecule has 16 heteroatoms. The highest BCUT2D eigenvalue weighted by molar-refractivity contribution is 6.12. The number of imide groups is 1. The normalized spacial score (nSPS) is 14.3. The minimum absolute atomic E-state index is 0.0561. The van der Waals surface area contributed by atoms with Gasteiger partial charge >= 0.3 is 12.1 Å². The molecule has 1 aromatic rings. The maximum Gasteiger partial charge on any atom is 0.408 e. The molecule has 0 fully saturated rings. The predicted molar refractivity (Wildman–Crippen MR) is 261 cm³/mol. The Morgan fingerprint density at radius 2 is 1.39 bits per heavy atom. The number of carbonyl (C=O) groups is 8. The first kappa shape index (κ1) is 57.3. The average molecular weight is 934 g/mol. The second-order valence-electron chi connectivity index (χ2n) is 17.5. The van der Waals surface area contributed by atoms with Crippen LogP contribution in [0, 0.1) is 11.8 Å². The van der Waals surface area contributed by atoms with E-state index in [0.717, 1.165) is 88.2 Å². The van der Waals surface area contributed by atoms with E-state index < -0.39 is 42.1 Å². The summed E-state index contributed by atoms with van der Waals surface area (Å²) in [6.45, 7) is 8.40. The van der Waals surface area contributed by atoms with E-state index in [1.54, 1.807) is 38.1 Å². The fourth-order valence-corrected chi connectivity index (χ4v) is 7.61. The van der Waals surface area contributed by atoms with E-state index in [9.17, 15) is 38.4 Å². The summed E-state index contributed by atoms with van der Waals surface area (Å²) in [4.78, 5) is 101. The molecule has 0 saturated heterocycles. The van der Waals surface area contributed by atoms with E-state index in [4.69, 9.17) is 10.5 Å². The molecule has 7 N–H and O–H groups in total. The zero-order valence-corrected chi connectivity index (χ0v) is 40.5. The van der Waals surface area contributed by atoms with Crippen molar-refractivity contribution in [2.45, 2.75) is 174 Å². The minimum Gasteiger partial charge on any atom is -0.438 e. The van der Waals surface area contributed by atoms with Crippen LogP contribution < -0.4 is 32.3 Å². The lowest BCUT2D eigenvalue weighted by Gasteiger charge is -2.25. The van der Waals surface area contributed by atoms with Crippen molar-refractivity contribution in [1.29, 1.82) is 0 Å². The highest BCUT2D eigenvalue weighted by atomic mass is 16.6. The highest BCUT2D eigenvalue weighted by Crippen LogP contribution is 2.24. The van der Waals surface area contributed by atoms with Crippen LogP contribution in [0.15, 0.2) is 60.7 Å². The first-order chi connectivity index (χ1) is 32.3. The van der Waals surface area contributed by atoms with Gasteiger partial charge in [-0.1, -0.05) is 115 Å². The summed E-state index contributed by atoms with van der Waals surface area (Å²) < 4.78 is 5.69. The first-order valence-corrected chi connectivity index (χ1v) is 24.6. The molecule has 0 aliphatic carbocycles. The third-order valence-corrected chi connectivity index (χ3v) is 11.5. The van der Waals surface area contributed by atoms with Crippen molar-refractivity contribution in [2.24, 2.45) is 17.6 Å². The van der Waals surface area contributed by atoms with Crippen LogP contribution in [0.1, 0.15) is 155 Å². The van der Waals surface area contributed by atoms with Crippen LogP contribution in [-0.4, -0.2) is 84.1 Å². The summed E-state index contributed by atoms with van der Waals surface area (Å²) in [5.41, 5.74) is 6.35. The van der Waals surface area contributed by atoms with E-state index in [1.807, 2.05) is 0 Å². The van der Waals surface area contributed by atoms with Crippen LogP contribution in [0.4, 0.5) is 15.3 Å². The zero-order chi connectivity index (χ0) is 49.2. The molecule has 0 spiro atoms. The van der Waals surface area contributed by atoms with Crippen molar-refractivity contribution in [3.8, 4) is 0 Å². The van der Waals surface area contributed by atoms with Crippen LogP contribution in [0.2, 0.25) is 0 Å². The smallest absolute Gasteiger partial charge is 0.408 e. The van der Waals surface area contributed by atoms with Gasteiger partial charge in [0.1, 0.15) is 12.1 Å². The van der Waals surface area contributed by atoms with E-state index in [-0.39, 0.29) is 62.0 Å². The van der Waals surface area contributed by atoms with Gasteiger partial charge in [0.2, 0.25) is 17.7 Å². The predicted octanol–water partition coefficient (Wildman–Crippen LogP) is 7.82. The molecule has 0 aromatic heterocycles. The molecule has 8 amide bonds. The minimum atomic E-state index is -1.03. The Morgan fingerprint density at radius 1 is 0.731 bits per heavy atom. The lowest BCUT2D eigenvalue weighted by molar-refractivity contribution is -0.137. The van der Waals surface area contributed by atoms with Crippen molar-refractivity contribution in [2.75, 3.05) is 18.4 Å². The average Bonchev–Trinajstić information content (AvgIpc) is 3.62. The van der Waals surface area contributed by atoms with Crippen molar-refractivity contribution in [3.63, 3.8) is 0 Å². The van der Waals surface area contributed by atoms with Gasteiger partial charge in [-0.05, 0) is 87.8 Å². The van der Waals surface area contributed by atoms with Crippen LogP contribution in [0.3, 0.4) is 0 Å². The zero-order valence-electron chi connectivity index (χ0n) is 40.5. The van der Waals surface area contributed by atoms with Gasteiger partial charge in [-0.3, -0.25) is 33.7 Å². The number of anilines is 1. The van der Waals surface area contributed by atoms with Gasteiger partial charge in [0, 0.05) is 49.8 Å². The SMILES string of the molecule is CCC=CCC=CCCCCCC(CCCCCCC)C(C=O)OC(=O)NCc1ccc(NC(=O)[C@H](CCCNC(N)=O)NC(=O)[C@@H](NC(=O)CCCCCN2C(=O)C=CC2=O)C(C)C)cc1. The number of ether oxygens (including phenoxy) is 1. The molecule has 1 heterocycles. The molecule has 1 aliphatic rings. The van der Waals surface area contributed by atoms with Crippen LogP contribution in [-0.2, 0) is 40.0 Å². The van der Waals surface area contributed by atoms with Gasteiger partial charge in [-0.15, -0.1) is 0 Å². The largest absolute Gasteiger partial charge is 0.438 e. The number of urea groups is 1. The van der Waals surface area contributed by atoms with Crippen LogP contribution in [0.25, 0.3) is 0 Å². The Balaban J connectivity index is 1.95. The van der Waals surface area contributed by atoms with Gasteiger partial charge in [0.25, 0.3) is 11.8 Å². The molecule has 2 rings (SSSR count). The third kappa shape index (κ3) is 25.1. The van der Waals surface area contributed by atoms with Crippen molar-refractivity contribution in [3.05, 3.63) is 66.3 Å². The molecule has 16 nitrogen and oxygen atoms in total. The van der Waals surface area contributed by atoms with Gasteiger partial charge in [-0.2, -0.15) is 0 Å². The quantitative estimate of drug-likeness (QED) is 0.0166. The second-order valence-corrected chi connectivity index (χ2v) is 17.5. The lowest BCUT2D eigenvalue weighted by Crippen LogP contribution is -2.54. The summed E-state index contributed by atoms with van der Waals surface area (Å²) in [6.07, 6.45) is 25.8. The number of hydrogen-bond donors (Lipinski definition) is 6. The Kier molecular flexibility index (Phi) is 29.5. The topological polar surface area (TPSA) is 235 Å². The Bertz CT molecular complexity index is 1760. The number of nitrogens with two attached hydrogens (primary N) is 1. The maximum absolute atomic E-state index is 13.6. The monoisotopic (exact) mass is 934 g/mol. The number of nitrogens with one attached hydrogen (secondary N) is 5. The van der Waals surface area contributed by atoms with E-state index in [2.05, 4.69) is 64.7 Å². The van der Waals surface area contributed by atoms with Gasteiger partial charge in [0.05, 0.1) is 0 Å². The van der Waals surface area contributed by atoms with Crippen molar-refractivity contribution in [1.82, 2.24) is 26.2 Å². The van der Waals surface area contributed by atoms with Crippen molar-refractivity contribution >= 4 is 53.6 Å². The standard InChI is InChI=1S/C51H79N7O9/c1-5-7-9-11-12-13-14-15-17-20-25-40(24-19-16-10-8-6-2)43(37-59)67-51(66)54-36-39-28-30-41(31-29-39)55-48(63)42(26-23-34-53-50(52)65)56-49(64)47(38(3)4)57-44(60)27-21-18-22-35-58-45(61)32-33-46(58)62/h7,9,12-13,28-33,37-38,40,42-43,47H,5-6,8,10-11,14-27,34-36H2,1-4H3,(H,54,66)(H,55,63)(H,56,64)(H,57,60)(H3,52,53,65)/t40?,42-,43?,47-/m0/s1. The van der Waals surface area contributed by atoms with Gasteiger partial charge in [0.15, 0.2) is 12.4 Å². The Labute approximate surface area is 398 Å². The fraction of sp³-hybridized carbons (Fsp3) is 0.608. The summed E-state index contributed by atoms with van der Waals surface area (Å²) >= 11 is 0. The fourth-order valence-electron chi connectivity index (χ4n) is 7.61. The summed E-state index contributed by atoms with van der Waals surface area (Å²) in [6, 6.07) is 4.06. The number of carbonyl (C=O) groups excluding carboxylic acids is 8. The first-order valence-electron chi connectivity index (χ1n) is 24.6. The summed E-state index contributed by atoms with van der Waals surface area (Å²) in [5, 5.41) is 13.6. The van der Waals surface area contributed by atoms with E-state index in [0.29, 0.717) is 36.9 Å². The van der Waals surface area contributed by atoms with Gasteiger partial charge < -0.3 is 37.1 Å². The van der Waals surface area contributed by atoms with Crippen LogP contribution >= 0.6 is 0 Å². The maximum atomic E-state index is 13.6. The summed E-state index contributed by atoms with van der Waals surface area (Å²) in [5.74, 6) is -2.50. The van der Waals surface area contributed by atoms with E-state index >= 15 is 0 Å². The highest BCUT2D eigenvalue weighted by Gasteiger charge is 2.29.